The number of rotatable bonds is 13. The first-order valence-electron chi connectivity index (χ1n) is 14.7. The summed E-state index contributed by atoms with van der Waals surface area (Å²) in [7, 11) is 1.82. The lowest BCUT2D eigenvalue weighted by molar-refractivity contribution is -0.134. The van der Waals surface area contributed by atoms with Crippen molar-refractivity contribution in [3.8, 4) is 5.75 Å². The number of benzene rings is 1. The van der Waals surface area contributed by atoms with Gasteiger partial charge in [-0.15, -0.1) is 11.3 Å². The highest BCUT2D eigenvalue weighted by Gasteiger charge is 2.27. The summed E-state index contributed by atoms with van der Waals surface area (Å²) in [4.78, 5) is 27.0. The van der Waals surface area contributed by atoms with Crippen molar-refractivity contribution in [1.82, 2.24) is 20.3 Å². The maximum atomic E-state index is 13.3. The number of nitrogens with one attached hydrogen (secondary N) is 2. The van der Waals surface area contributed by atoms with Crippen LogP contribution in [0.2, 0.25) is 10.0 Å². The Kier molecular flexibility index (Phi) is 16.2. The normalized spacial score (nSPS) is 13.5. The molecule has 0 aliphatic carbocycles. The van der Waals surface area contributed by atoms with E-state index in [0.717, 1.165) is 22.1 Å². The van der Waals surface area contributed by atoms with Crippen LogP contribution in [0, 0.1) is 17.2 Å². The zero-order valence-electron chi connectivity index (χ0n) is 26.3. The smallest absolute Gasteiger partial charge is 0.243 e. The molecule has 1 saturated heterocycles. The van der Waals surface area contributed by atoms with Crippen molar-refractivity contribution in [3.63, 3.8) is 0 Å². The highest BCUT2D eigenvalue weighted by atomic mass is 35.5. The number of piperidine rings is 1. The van der Waals surface area contributed by atoms with Crippen LogP contribution in [-0.2, 0) is 22.6 Å². The van der Waals surface area contributed by atoms with E-state index in [1.165, 1.54) is 6.42 Å². The summed E-state index contributed by atoms with van der Waals surface area (Å²) in [6.07, 6.45) is 5.21. The third-order valence-corrected chi connectivity index (χ3v) is 9.01. The Morgan fingerprint density at radius 1 is 1.29 bits per heavy atom. The average Bonchev–Trinajstić information content (AvgIpc) is 3.55. The second-order valence-electron chi connectivity index (χ2n) is 10.9. The predicted molar refractivity (Wildman–Crippen MR) is 181 cm³/mol. The molecule has 1 aliphatic rings. The summed E-state index contributed by atoms with van der Waals surface area (Å²) < 4.78 is 19.1. The maximum absolute atomic E-state index is 13.3. The second-order valence-corrected chi connectivity index (χ2v) is 12.6. The van der Waals surface area contributed by atoms with Gasteiger partial charge in [-0.3, -0.25) is 20.0 Å². The molecule has 0 spiro atoms. The zero-order valence-corrected chi connectivity index (χ0v) is 28.7. The van der Waals surface area contributed by atoms with Crippen LogP contribution < -0.4 is 15.8 Å². The van der Waals surface area contributed by atoms with Crippen LogP contribution in [0.3, 0.4) is 0 Å². The Labute approximate surface area is 279 Å². The van der Waals surface area contributed by atoms with E-state index in [2.05, 4.69) is 37.9 Å². The van der Waals surface area contributed by atoms with Crippen LogP contribution in [0.5, 0.6) is 5.75 Å². The van der Waals surface area contributed by atoms with Gasteiger partial charge >= 0.3 is 0 Å². The number of hydrogen-bond donors (Lipinski definition) is 3. The number of hydrazone groups is 1. The average molecular weight is 685 g/mol. The van der Waals surface area contributed by atoms with E-state index < -0.39 is 18.4 Å². The molecule has 248 valence electrons. The lowest BCUT2D eigenvalue weighted by Crippen LogP contribution is -2.46. The van der Waals surface area contributed by atoms with Crippen LogP contribution in [0.1, 0.15) is 50.5 Å². The third-order valence-electron chi connectivity index (χ3n) is 7.26. The van der Waals surface area contributed by atoms with Crippen LogP contribution >= 0.6 is 34.5 Å². The number of allylic oxidation sites excluding steroid dienone is 2. The summed E-state index contributed by atoms with van der Waals surface area (Å²) in [5.74, 6) is -0.378. The Morgan fingerprint density at radius 2 is 1.96 bits per heavy atom. The van der Waals surface area contributed by atoms with Crippen LogP contribution in [0.4, 0.5) is 4.48 Å². The van der Waals surface area contributed by atoms with Crippen molar-refractivity contribution in [1.29, 1.82) is 5.41 Å². The highest BCUT2D eigenvalue weighted by molar-refractivity contribution is 7.09. The molecule has 2 amide bonds. The van der Waals surface area contributed by atoms with Crippen LogP contribution in [0.15, 0.2) is 46.5 Å². The van der Waals surface area contributed by atoms with Crippen LogP contribution in [-0.4, -0.2) is 72.7 Å². The number of hydrogen-bond acceptors (Lipinski definition) is 7. The first-order chi connectivity index (χ1) is 21.4. The van der Waals surface area contributed by atoms with E-state index in [1.807, 2.05) is 42.8 Å². The molecule has 10 nitrogen and oxygen atoms in total. The van der Waals surface area contributed by atoms with Gasteiger partial charge in [0.25, 0.3) is 0 Å². The van der Waals surface area contributed by atoms with E-state index in [1.54, 1.807) is 21.2 Å². The number of nitrogens with zero attached hydrogens (tertiary/aromatic N) is 4. The molecule has 1 aliphatic heterocycles. The number of nitrogens with two attached hydrogens (primary N) is 1. The second kappa shape index (κ2) is 19.2. The maximum Gasteiger partial charge on any atom is 0.243 e. The summed E-state index contributed by atoms with van der Waals surface area (Å²) in [6.45, 7) is 10.6. The third kappa shape index (κ3) is 12.5. The molecule has 0 unspecified atom stereocenters. The Bertz CT molecular complexity index is 1300. The van der Waals surface area contributed by atoms with Gasteiger partial charge in [0, 0.05) is 43.3 Å². The molecule has 0 radical (unpaired) electrons. The summed E-state index contributed by atoms with van der Waals surface area (Å²) >= 11 is 14.7. The lowest BCUT2D eigenvalue weighted by Gasteiger charge is -2.35. The van der Waals surface area contributed by atoms with Gasteiger partial charge in [-0.05, 0) is 48.3 Å². The van der Waals surface area contributed by atoms with Gasteiger partial charge in [-0.2, -0.15) is 10.2 Å². The molecule has 3 rings (SSSR count). The number of ether oxygens (including phenoxy) is 1. The van der Waals surface area contributed by atoms with Gasteiger partial charge in [0.05, 0.1) is 11.6 Å². The number of halogens is 3. The number of amides is 2. The quantitative estimate of drug-likeness (QED) is 0.101. The topological polar surface area (TPSA) is 127 Å². The van der Waals surface area contributed by atoms with Crippen molar-refractivity contribution in [2.45, 2.75) is 53.1 Å². The van der Waals surface area contributed by atoms with Gasteiger partial charge in [-0.25, -0.2) is 0 Å². The minimum Gasteiger partial charge on any atom is -0.486 e. The molecule has 1 aromatic heterocycles. The van der Waals surface area contributed by atoms with Crippen molar-refractivity contribution in [2.75, 3.05) is 33.2 Å². The SMILES string of the molecule is C=NN(C)/C(=C\Cc1ccc(OCc2cccs2)c(Cl)c1Cl)C1CCN(C(=O)CNC(=O)CN(F)C(=N)N)CC1.CCC(C)C. The van der Waals surface area contributed by atoms with Crippen LogP contribution in [0.25, 0.3) is 0 Å². The van der Waals surface area contributed by atoms with Gasteiger partial charge in [-0.1, -0.05) is 73.1 Å². The monoisotopic (exact) mass is 683 g/mol. The largest absolute Gasteiger partial charge is 0.486 e. The number of guanidine groups is 1. The Hall–Kier alpha value is -3.35. The van der Waals surface area contributed by atoms with Gasteiger partial charge in [0.15, 0.2) is 0 Å². The molecule has 45 heavy (non-hydrogen) atoms. The van der Waals surface area contributed by atoms with Crippen molar-refractivity contribution < 1.29 is 18.8 Å². The molecule has 1 fully saturated rings. The summed E-state index contributed by atoms with van der Waals surface area (Å²) in [6, 6.07) is 7.65. The summed E-state index contributed by atoms with van der Waals surface area (Å²) in [5.41, 5.74) is 6.76. The fourth-order valence-corrected chi connectivity index (χ4v) is 5.31. The van der Waals surface area contributed by atoms with Gasteiger partial charge < -0.3 is 20.7 Å². The molecule has 4 N–H and O–H groups in total. The Balaban J connectivity index is 0.00000130. The molecule has 1 aromatic carbocycles. The number of carbonyl (C=O) groups is 2. The molecule has 2 heterocycles. The van der Waals surface area contributed by atoms with E-state index in [-0.39, 0.29) is 23.5 Å². The van der Waals surface area contributed by atoms with E-state index >= 15 is 0 Å². The molecule has 0 bridgehead atoms. The minimum absolute atomic E-state index is 0.118. The highest BCUT2D eigenvalue weighted by Crippen LogP contribution is 2.36. The fraction of sp³-hybridized carbons (Fsp3) is 0.484. The van der Waals surface area contributed by atoms with Crippen molar-refractivity contribution in [2.24, 2.45) is 22.7 Å². The standard InChI is InChI=1S/C26H32Cl2FN7O3S.C5H12/c1-32-34(2)20(7-5-18-6-8-21(25(28)24(18)27)39-16-19-4-3-13-40-19)17-9-11-35(12-10-17)23(38)14-33-22(37)15-36(29)26(30)31;1-4-5(2)3/h3-4,6-8,13,17H,1,5,9-12,14-16H2,2H3,(H3,30,31)(H,33,37);5H,4H2,1-3H3/b20-7-;. The molecular formula is C31H44Cl2FN7O3S. The number of thiophene rings is 1. The fourth-order valence-electron chi connectivity index (χ4n) is 4.22. The first-order valence-corrected chi connectivity index (χ1v) is 16.4. The minimum atomic E-state index is -0.882. The van der Waals surface area contributed by atoms with E-state index in [9.17, 15) is 14.1 Å². The molecule has 2 aromatic rings. The predicted octanol–water partition coefficient (Wildman–Crippen LogP) is 6.09. The lowest BCUT2D eigenvalue weighted by atomic mass is 9.92. The Morgan fingerprint density at radius 3 is 2.51 bits per heavy atom. The first kappa shape index (κ1) is 37.8. The van der Waals surface area contributed by atoms with Crippen molar-refractivity contribution in [3.05, 3.63) is 61.9 Å². The molecule has 14 heteroatoms. The number of carbonyl (C=O) groups excluding carboxylic acids is 2. The molecule has 0 saturated carbocycles. The van der Waals surface area contributed by atoms with E-state index in [0.29, 0.717) is 54.8 Å². The zero-order chi connectivity index (χ0) is 33.5. The molecular weight excluding hydrogens is 640 g/mol. The molecule has 0 atom stereocenters. The summed E-state index contributed by atoms with van der Waals surface area (Å²) in [5, 5.41) is 17.7. The van der Waals surface area contributed by atoms with E-state index in [4.69, 9.17) is 39.1 Å². The van der Waals surface area contributed by atoms with Crippen molar-refractivity contribution >= 4 is 59.0 Å². The van der Waals surface area contributed by atoms with Gasteiger partial charge in [0.1, 0.15) is 23.9 Å². The number of likely N-dealkylation sites (tertiary alicyclic amines) is 1. The van der Waals surface area contributed by atoms with Gasteiger partial charge in [0.2, 0.25) is 17.8 Å².